The molecule has 0 bridgehead atoms. The van der Waals surface area contributed by atoms with Crippen LogP contribution in [-0.4, -0.2) is 40.0 Å². The molecule has 6 nitrogen and oxygen atoms in total. The number of hydrogen-bond acceptors (Lipinski definition) is 5. The summed E-state index contributed by atoms with van der Waals surface area (Å²) in [4.78, 5) is 2.21. The predicted octanol–water partition coefficient (Wildman–Crippen LogP) is 0.370. The fraction of sp³-hybridized carbons (Fsp3) is 0.462. The molecule has 1 atom stereocenters. The molecule has 7 heteroatoms. The van der Waals surface area contributed by atoms with Gasteiger partial charge in [0.05, 0.1) is 17.3 Å². The molecule has 1 aliphatic heterocycles. The Morgan fingerprint density at radius 2 is 2.30 bits per heavy atom. The van der Waals surface area contributed by atoms with Gasteiger partial charge in [-0.05, 0) is 44.1 Å². The molecule has 0 aliphatic carbocycles. The summed E-state index contributed by atoms with van der Waals surface area (Å²) in [6.45, 7) is 2.29. The van der Waals surface area contributed by atoms with Crippen molar-refractivity contribution in [1.29, 1.82) is 5.26 Å². The van der Waals surface area contributed by atoms with Crippen molar-refractivity contribution in [1.82, 2.24) is 9.62 Å². The van der Waals surface area contributed by atoms with Crippen molar-refractivity contribution in [2.75, 3.05) is 32.4 Å². The van der Waals surface area contributed by atoms with Crippen molar-refractivity contribution in [3.8, 4) is 6.07 Å². The maximum atomic E-state index is 12.2. The van der Waals surface area contributed by atoms with Crippen molar-refractivity contribution >= 4 is 15.7 Å². The van der Waals surface area contributed by atoms with Gasteiger partial charge in [0, 0.05) is 13.1 Å². The molecule has 1 aromatic carbocycles. The Bertz CT molecular complexity index is 636. The SMILES string of the molecule is CN1CCC(CNS(=O)(=O)c2ccc(C#N)cc2N)C1. The Kier molecular flexibility index (Phi) is 4.28. The number of hydrogen-bond donors (Lipinski definition) is 2. The van der Waals surface area contributed by atoms with E-state index >= 15 is 0 Å². The molecule has 1 heterocycles. The zero-order valence-electron chi connectivity index (χ0n) is 11.3. The highest BCUT2D eigenvalue weighted by Gasteiger charge is 2.23. The molecule has 1 saturated heterocycles. The number of anilines is 1. The zero-order valence-corrected chi connectivity index (χ0v) is 12.2. The Morgan fingerprint density at radius 1 is 1.55 bits per heavy atom. The van der Waals surface area contributed by atoms with Gasteiger partial charge in [-0.15, -0.1) is 0 Å². The molecule has 1 fully saturated rings. The number of nitrogens with two attached hydrogens (primary N) is 1. The van der Waals surface area contributed by atoms with Crippen LogP contribution < -0.4 is 10.5 Å². The lowest BCUT2D eigenvalue weighted by molar-refractivity contribution is 0.394. The minimum absolute atomic E-state index is 0.0304. The van der Waals surface area contributed by atoms with Gasteiger partial charge in [0.2, 0.25) is 10.0 Å². The van der Waals surface area contributed by atoms with Crippen LogP contribution in [0.5, 0.6) is 0 Å². The molecule has 3 N–H and O–H groups in total. The number of nitrogen functional groups attached to an aromatic ring is 1. The van der Waals surface area contributed by atoms with Gasteiger partial charge < -0.3 is 10.6 Å². The van der Waals surface area contributed by atoms with E-state index in [4.69, 9.17) is 11.0 Å². The quantitative estimate of drug-likeness (QED) is 0.782. The molecule has 1 unspecified atom stereocenters. The van der Waals surface area contributed by atoms with Crippen molar-refractivity contribution in [2.45, 2.75) is 11.3 Å². The molecule has 0 amide bonds. The Morgan fingerprint density at radius 3 is 2.85 bits per heavy atom. The maximum Gasteiger partial charge on any atom is 0.242 e. The molecule has 108 valence electrons. The molecule has 0 radical (unpaired) electrons. The predicted molar refractivity (Wildman–Crippen MR) is 76.4 cm³/mol. The monoisotopic (exact) mass is 294 g/mol. The summed E-state index contributed by atoms with van der Waals surface area (Å²) in [6.07, 6.45) is 0.988. The minimum Gasteiger partial charge on any atom is -0.398 e. The molecular weight excluding hydrogens is 276 g/mol. The van der Waals surface area contributed by atoms with Gasteiger partial charge in [-0.2, -0.15) is 5.26 Å². The number of likely N-dealkylation sites (tertiary alicyclic amines) is 1. The van der Waals surface area contributed by atoms with Gasteiger partial charge in [-0.25, -0.2) is 13.1 Å². The van der Waals surface area contributed by atoms with Crippen LogP contribution in [-0.2, 0) is 10.0 Å². The van der Waals surface area contributed by atoms with Gasteiger partial charge in [-0.3, -0.25) is 0 Å². The van der Waals surface area contributed by atoms with E-state index < -0.39 is 10.0 Å². The summed E-state index contributed by atoms with van der Waals surface area (Å²) < 4.78 is 27.0. The summed E-state index contributed by atoms with van der Waals surface area (Å²) in [5.41, 5.74) is 6.15. The zero-order chi connectivity index (χ0) is 14.8. The van der Waals surface area contributed by atoms with E-state index in [-0.39, 0.29) is 10.6 Å². The molecule has 0 spiro atoms. The number of nitriles is 1. The lowest BCUT2D eigenvalue weighted by Crippen LogP contribution is -2.31. The second kappa shape index (κ2) is 5.79. The average Bonchev–Trinajstić information content (AvgIpc) is 2.82. The first kappa shape index (κ1) is 14.8. The van der Waals surface area contributed by atoms with Crippen LogP contribution in [0.1, 0.15) is 12.0 Å². The van der Waals surface area contributed by atoms with E-state index in [0.29, 0.717) is 18.0 Å². The topological polar surface area (TPSA) is 99.2 Å². The van der Waals surface area contributed by atoms with Crippen LogP contribution in [0.25, 0.3) is 0 Å². The van der Waals surface area contributed by atoms with Crippen molar-refractivity contribution in [3.05, 3.63) is 23.8 Å². The third-order valence-electron chi connectivity index (χ3n) is 3.48. The average molecular weight is 294 g/mol. The first-order valence-corrected chi connectivity index (χ1v) is 7.88. The van der Waals surface area contributed by atoms with E-state index in [2.05, 4.69) is 9.62 Å². The van der Waals surface area contributed by atoms with E-state index in [1.165, 1.54) is 18.2 Å². The molecule has 2 rings (SSSR count). The highest BCUT2D eigenvalue weighted by Crippen LogP contribution is 2.20. The summed E-state index contributed by atoms with van der Waals surface area (Å²) in [7, 11) is -1.60. The Hall–Kier alpha value is -1.62. The normalized spacial score (nSPS) is 19.9. The highest BCUT2D eigenvalue weighted by atomic mass is 32.2. The highest BCUT2D eigenvalue weighted by molar-refractivity contribution is 7.89. The summed E-state index contributed by atoms with van der Waals surface area (Å²) >= 11 is 0. The number of sulfonamides is 1. The third-order valence-corrected chi connectivity index (χ3v) is 4.98. The summed E-state index contributed by atoms with van der Waals surface area (Å²) in [5, 5.41) is 8.75. The number of benzene rings is 1. The van der Waals surface area contributed by atoms with Crippen LogP contribution >= 0.6 is 0 Å². The van der Waals surface area contributed by atoms with E-state index in [9.17, 15) is 8.42 Å². The van der Waals surface area contributed by atoms with E-state index in [0.717, 1.165) is 19.5 Å². The fourth-order valence-corrected chi connectivity index (χ4v) is 3.59. The summed E-state index contributed by atoms with van der Waals surface area (Å²) in [6, 6.07) is 6.12. The fourth-order valence-electron chi connectivity index (χ4n) is 2.36. The van der Waals surface area contributed by atoms with Crippen LogP contribution in [0.3, 0.4) is 0 Å². The van der Waals surface area contributed by atoms with E-state index in [1.54, 1.807) is 0 Å². The van der Waals surface area contributed by atoms with Gasteiger partial charge >= 0.3 is 0 Å². The summed E-state index contributed by atoms with van der Waals surface area (Å²) in [5.74, 6) is 0.328. The maximum absolute atomic E-state index is 12.2. The van der Waals surface area contributed by atoms with Crippen LogP contribution in [0, 0.1) is 17.2 Å². The van der Waals surface area contributed by atoms with Crippen molar-refractivity contribution < 1.29 is 8.42 Å². The third kappa shape index (κ3) is 3.28. The Labute approximate surface area is 119 Å². The molecule has 0 aromatic heterocycles. The second-order valence-corrected chi connectivity index (χ2v) is 6.87. The largest absolute Gasteiger partial charge is 0.398 e. The number of rotatable bonds is 4. The first-order valence-electron chi connectivity index (χ1n) is 6.40. The van der Waals surface area contributed by atoms with Crippen LogP contribution in [0.15, 0.2) is 23.1 Å². The second-order valence-electron chi connectivity index (χ2n) is 5.13. The number of nitrogens with zero attached hydrogens (tertiary/aromatic N) is 2. The van der Waals surface area contributed by atoms with Crippen LogP contribution in [0.4, 0.5) is 5.69 Å². The van der Waals surface area contributed by atoms with Gasteiger partial charge in [0.15, 0.2) is 0 Å². The molecule has 0 saturated carbocycles. The molecule has 1 aromatic rings. The van der Waals surface area contributed by atoms with E-state index in [1.807, 2.05) is 13.1 Å². The van der Waals surface area contributed by atoms with Crippen molar-refractivity contribution in [2.24, 2.45) is 5.92 Å². The molecule has 20 heavy (non-hydrogen) atoms. The van der Waals surface area contributed by atoms with Gasteiger partial charge in [-0.1, -0.05) is 0 Å². The lowest BCUT2D eigenvalue weighted by Gasteiger charge is -2.13. The standard InChI is InChI=1S/C13H18N4O2S/c1-17-5-4-11(9-17)8-16-20(18,19)13-3-2-10(7-14)6-12(13)15/h2-3,6,11,16H,4-5,8-9,15H2,1H3. The van der Waals surface area contributed by atoms with Gasteiger partial charge in [0.25, 0.3) is 0 Å². The van der Waals surface area contributed by atoms with Gasteiger partial charge in [0.1, 0.15) is 4.90 Å². The van der Waals surface area contributed by atoms with Crippen molar-refractivity contribution in [3.63, 3.8) is 0 Å². The Balaban J connectivity index is 2.09. The molecular formula is C13H18N4O2S. The molecule has 1 aliphatic rings. The smallest absolute Gasteiger partial charge is 0.242 e. The lowest BCUT2D eigenvalue weighted by atomic mass is 10.1. The van der Waals surface area contributed by atoms with Crippen LogP contribution in [0.2, 0.25) is 0 Å². The first-order chi connectivity index (χ1) is 9.42. The minimum atomic E-state index is -3.62. The number of nitrogens with one attached hydrogen (secondary N) is 1.